The van der Waals surface area contributed by atoms with Crippen molar-refractivity contribution in [2.24, 2.45) is 0 Å². The van der Waals surface area contributed by atoms with Crippen molar-refractivity contribution in [1.82, 2.24) is 4.90 Å². The Morgan fingerprint density at radius 3 is 1.46 bits per heavy atom. The highest BCUT2D eigenvalue weighted by Gasteiger charge is 2.24. The maximum Gasteiger partial charge on any atom is 0.321 e. The Morgan fingerprint density at radius 2 is 1.12 bits per heavy atom. The Hall–Kier alpha value is -0.610. The van der Waals surface area contributed by atoms with Crippen LogP contribution in [0.2, 0.25) is 0 Å². The molecule has 0 saturated carbocycles. The van der Waals surface area contributed by atoms with Gasteiger partial charge >= 0.3 is 5.97 Å². The summed E-state index contributed by atoms with van der Waals surface area (Å²) >= 11 is 0. The summed E-state index contributed by atoms with van der Waals surface area (Å²) in [4.78, 5) is 13.7. The topological polar surface area (TPSA) is 60.8 Å². The number of aliphatic hydroxyl groups is 1. The highest BCUT2D eigenvalue weighted by molar-refractivity contribution is 5.73. The van der Waals surface area contributed by atoms with E-state index in [1.54, 1.807) is 0 Å². The number of carboxylic acids is 1. The summed E-state index contributed by atoms with van der Waals surface area (Å²) in [5.74, 6) is -0.787. The number of rotatable bonds is 20. The normalized spacial score (nSPS) is 12.6. The number of aliphatic hydroxyl groups excluding tert-OH is 1. The zero-order valence-electron chi connectivity index (χ0n) is 17.6. The van der Waals surface area contributed by atoms with E-state index in [4.69, 9.17) is 0 Å². The maximum atomic E-state index is 11.6. The standard InChI is InChI=1S/C22H45NO3/c1-3-5-7-9-11-13-15-18-23(21(17-20-24)22(25)26)19-16-14-12-10-8-6-4-2/h21,24H,3-20H2,1-2H3,(H,25,26). The molecule has 1 atom stereocenters. The van der Waals surface area contributed by atoms with E-state index in [2.05, 4.69) is 18.7 Å². The number of hydrogen-bond acceptors (Lipinski definition) is 3. The molecule has 0 fully saturated rings. The molecule has 0 aliphatic heterocycles. The molecule has 0 aromatic heterocycles. The van der Waals surface area contributed by atoms with Crippen LogP contribution in [0.1, 0.15) is 110 Å². The minimum absolute atomic E-state index is 0.0541. The van der Waals surface area contributed by atoms with E-state index in [1.807, 2.05) is 0 Å². The van der Waals surface area contributed by atoms with Gasteiger partial charge in [0.05, 0.1) is 0 Å². The molecular weight excluding hydrogens is 326 g/mol. The van der Waals surface area contributed by atoms with Crippen molar-refractivity contribution in [3.05, 3.63) is 0 Å². The zero-order chi connectivity index (χ0) is 19.5. The van der Waals surface area contributed by atoms with Gasteiger partial charge in [-0.2, -0.15) is 0 Å². The van der Waals surface area contributed by atoms with Gasteiger partial charge in [-0.15, -0.1) is 0 Å². The van der Waals surface area contributed by atoms with E-state index >= 15 is 0 Å². The van der Waals surface area contributed by atoms with Crippen LogP contribution in [-0.4, -0.2) is 46.8 Å². The number of aliphatic carboxylic acids is 1. The van der Waals surface area contributed by atoms with Gasteiger partial charge in [-0.25, -0.2) is 0 Å². The molecule has 0 saturated heterocycles. The first-order chi connectivity index (χ1) is 12.7. The molecule has 2 N–H and O–H groups in total. The first-order valence-electron chi connectivity index (χ1n) is 11.2. The van der Waals surface area contributed by atoms with Crippen molar-refractivity contribution in [2.75, 3.05) is 19.7 Å². The second-order valence-corrected chi connectivity index (χ2v) is 7.64. The van der Waals surface area contributed by atoms with Crippen LogP contribution in [0.4, 0.5) is 0 Å². The second-order valence-electron chi connectivity index (χ2n) is 7.64. The van der Waals surface area contributed by atoms with Crippen LogP contribution in [0.25, 0.3) is 0 Å². The number of carbonyl (C=O) groups is 1. The molecule has 0 bridgehead atoms. The van der Waals surface area contributed by atoms with Crippen LogP contribution in [0.5, 0.6) is 0 Å². The number of nitrogens with zero attached hydrogens (tertiary/aromatic N) is 1. The van der Waals surface area contributed by atoms with Crippen molar-refractivity contribution >= 4 is 5.97 Å². The summed E-state index contributed by atoms with van der Waals surface area (Å²) in [5.41, 5.74) is 0. The van der Waals surface area contributed by atoms with E-state index in [9.17, 15) is 15.0 Å². The molecule has 4 heteroatoms. The predicted octanol–water partition coefficient (Wildman–Crippen LogP) is 5.63. The number of unbranched alkanes of at least 4 members (excludes halogenated alkanes) is 12. The van der Waals surface area contributed by atoms with E-state index in [1.165, 1.54) is 77.0 Å². The quantitative estimate of drug-likeness (QED) is 0.272. The molecule has 0 radical (unpaired) electrons. The third-order valence-electron chi connectivity index (χ3n) is 5.23. The van der Waals surface area contributed by atoms with Gasteiger partial charge < -0.3 is 10.2 Å². The van der Waals surface area contributed by atoms with Gasteiger partial charge in [-0.3, -0.25) is 9.69 Å². The fourth-order valence-corrected chi connectivity index (χ4v) is 3.55. The van der Waals surface area contributed by atoms with E-state index < -0.39 is 12.0 Å². The molecule has 4 nitrogen and oxygen atoms in total. The van der Waals surface area contributed by atoms with Crippen molar-refractivity contribution < 1.29 is 15.0 Å². The molecule has 0 aliphatic rings. The third kappa shape index (κ3) is 14.5. The average Bonchev–Trinajstić information content (AvgIpc) is 2.63. The van der Waals surface area contributed by atoms with Crippen molar-refractivity contribution in [3.8, 4) is 0 Å². The minimum atomic E-state index is -0.787. The zero-order valence-corrected chi connectivity index (χ0v) is 17.6. The van der Waals surface area contributed by atoms with E-state index in [0.29, 0.717) is 6.42 Å². The summed E-state index contributed by atoms with van der Waals surface area (Å²) in [6, 6.07) is -0.528. The van der Waals surface area contributed by atoms with Gasteiger partial charge in [-0.05, 0) is 32.4 Å². The minimum Gasteiger partial charge on any atom is -0.480 e. The van der Waals surface area contributed by atoms with E-state index in [0.717, 1.165) is 25.9 Å². The van der Waals surface area contributed by atoms with Crippen LogP contribution in [0.3, 0.4) is 0 Å². The summed E-state index contributed by atoms with van der Waals surface area (Å²) in [6.07, 6.45) is 17.8. The summed E-state index contributed by atoms with van der Waals surface area (Å²) < 4.78 is 0. The molecule has 0 amide bonds. The van der Waals surface area contributed by atoms with Crippen LogP contribution < -0.4 is 0 Å². The smallest absolute Gasteiger partial charge is 0.321 e. The third-order valence-corrected chi connectivity index (χ3v) is 5.23. The Kier molecular flexibility index (Phi) is 18.7. The Labute approximate surface area is 162 Å². The van der Waals surface area contributed by atoms with Gasteiger partial charge in [0, 0.05) is 6.61 Å². The summed E-state index contributed by atoms with van der Waals surface area (Å²) in [6.45, 7) is 6.10. The highest BCUT2D eigenvalue weighted by atomic mass is 16.4. The predicted molar refractivity (Wildman–Crippen MR) is 111 cm³/mol. The lowest BCUT2D eigenvalue weighted by molar-refractivity contribution is -0.144. The maximum absolute atomic E-state index is 11.6. The summed E-state index contributed by atoms with van der Waals surface area (Å²) in [7, 11) is 0. The average molecular weight is 372 g/mol. The SMILES string of the molecule is CCCCCCCCCN(CCCCCCCCC)C(CCO)C(=O)O. The van der Waals surface area contributed by atoms with Gasteiger partial charge in [0.15, 0.2) is 0 Å². The molecule has 26 heavy (non-hydrogen) atoms. The fourth-order valence-electron chi connectivity index (χ4n) is 3.55. The van der Waals surface area contributed by atoms with Crippen LogP contribution >= 0.6 is 0 Å². The summed E-state index contributed by atoms with van der Waals surface area (Å²) in [5, 5.41) is 18.8. The van der Waals surface area contributed by atoms with Gasteiger partial charge in [-0.1, -0.05) is 90.9 Å². The molecule has 156 valence electrons. The van der Waals surface area contributed by atoms with Crippen LogP contribution in [0.15, 0.2) is 0 Å². The molecule has 0 rings (SSSR count). The van der Waals surface area contributed by atoms with Gasteiger partial charge in [0.25, 0.3) is 0 Å². The first kappa shape index (κ1) is 25.4. The second kappa shape index (κ2) is 19.2. The number of hydrogen-bond donors (Lipinski definition) is 2. The molecule has 0 aromatic carbocycles. The van der Waals surface area contributed by atoms with Crippen molar-refractivity contribution in [3.63, 3.8) is 0 Å². The van der Waals surface area contributed by atoms with Gasteiger partial charge in [0.1, 0.15) is 6.04 Å². The van der Waals surface area contributed by atoms with Crippen molar-refractivity contribution in [1.29, 1.82) is 0 Å². The van der Waals surface area contributed by atoms with Gasteiger partial charge in [0.2, 0.25) is 0 Å². The van der Waals surface area contributed by atoms with E-state index in [-0.39, 0.29) is 6.61 Å². The molecule has 0 aromatic rings. The van der Waals surface area contributed by atoms with Crippen LogP contribution in [0, 0.1) is 0 Å². The molecular formula is C22H45NO3. The highest BCUT2D eigenvalue weighted by Crippen LogP contribution is 2.13. The number of carboxylic acid groups (broad SMARTS) is 1. The monoisotopic (exact) mass is 371 g/mol. The molecule has 0 heterocycles. The molecule has 1 unspecified atom stereocenters. The van der Waals surface area contributed by atoms with Crippen LogP contribution in [-0.2, 0) is 4.79 Å². The lowest BCUT2D eigenvalue weighted by Crippen LogP contribution is -2.43. The Bertz CT molecular complexity index is 292. The fraction of sp³-hybridized carbons (Fsp3) is 0.955. The lowest BCUT2D eigenvalue weighted by atomic mass is 10.1. The lowest BCUT2D eigenvalue weighted by Gasteiger charge is -2.28. The Morgan fingerprint density at radius 1 is 0.731 bits per heavy atom. The van der Waals surface area contributed by atoms with Crippen molar-refractivity contribution in [2.45, 2.75) is 116 Å². The largest absolute Gasteiger partial charge is 0.480 e. The Balaban J connectivity index is 4.14. The molecule has 0 spiro atoms. The molecule has 0 aliphatic carbocycles. The first-order valence-corrected chi connectivity index (χ1v) is 11.2.